The van der Waals surface area contributed by atoms with Crippen molar-refractivity contribution >= 4 is 5.91 Å². The quantitative estimate of drug-likeness (QED) is 0.692. The summed E-state index contributed by atoms with van der Waals surface area (Å²) in [6.07, 6.45) is 5.29. The van der Waals surface area contributed by atoms with Gasteiger partial charge in [0, 0.05) is 6.20 Å². The van der Waals surface area contributed by atoms with E-state index in [1.807, 2.05) is 19.0 Å². The van der Waals surface area contributed by atoms with E-state index in [1.54, 1.807) is 28.8 Å². The molecule has 2 aromatic heterocycles. The van der Waals surface area contributed by atoms with E-state index >= 15 is 0 Å². The van der Waals surface area contributed by atoms with Gasteiger partial charge in [-0.2, -0.15) is 0 Å². The standard InChI is InChI=1S/C19H21FN6O/c1-25(2)10-9-17(14-3-6-16(20)7-4-14)24-19(27)15-5-8-18(21-11-15)26-12-22-23-13-26/h3-8,11-13,17H,9-10H2,1-2H3,(H,24,27). The van der Waals surface area contributed by atoms with Crippen LogP contribution in [0.4, 0.5) is 4.39 Å². The lowest BCUT2D eigenvalue weighted by Gasteiger charge is -2.21. The lowest BCUT2D eigenvalue weighted by atomic mass is 10.0. The van der Waals surface area contributed by atoms with Crippen LogP contribution in [0.5, 0.6) is 0 Å². The van der Waals surface area contributed by atoms with Gasteiger partial charge in [0.1, 0.15) is 24.3 Å². The molecule has 0 bridgehead atoms. The average Bonchev–Trinajstić information content (AvgIpc) is 3.20. The van der Waals surface area contributed by atoms with Gasteiger partial charge in [0.25, 0.3) is 5.91 Å². The van der Waals surface area contributed by atoms with E-state index < -0.39 is 0 Å². The predicted molar refractivity (Wildman–Crippen MR) is 98.9 cm³/mol. The smallest absolute Gasteiger partial charge is 0.253 e. The largest absolute Gasteiger partial charge is 0.345 e. The molecule has 7 nitrogen and oxygen atoms in total. The van der Waals surface area contributed by atoms with E-state index in [0.717, 1.165) is 12.1 Å². The van der Waals surface area contributed by atoms with Crippen molar-refractivity contribution in [2.45, 2.75) is 12.5 Å². The number of benzene rings is 1. The Labute approximate surface area is 156 Å². The Hall–Kier alpha value is -3.13. The highest BCUT2D eigenvalue weighted by Crippen LogP contribution is 2.18. The molecule has 140 valence electrons. The fourth-order valence-corrected chi connectivity index (χ4v) is 2.64. The summed E-state index contributed by atoms with van der Waals surface area (Å²) < 4.78 is 14.9. The lowest BCUT2D eigenvalue weighted by Crippen LogP contribution is -2.31. The van der Waals surface area contributed by atoms with Gasteiger partial charge < -0.3 is 10.2 Å². The van der Waals surface area contributed by atoms with Crippen LogP contribution in [0.3, 0.4) is 0 Å². The van der Waals surface area contributed by atoms with Gasteiger partial charge in [-0.25, -0.2) is 9.37 Å². The molecule has 2 heterocycles. The Bertz CT molecular complexity index is 862. The van der Waals surface area contributed by atoms with Gasteiger partial charge in [-0.1, -0.05) is 12.1 Å². The van der Waals surface area contributed by atoms with Crippen LogP contribution in [0.25, 0.3) is 5.82 Å². The molecule has 0 aliphatic rings. The molecule has 27 heavy (non-hydrogen) atoms. The third-order valence-corrected chi connectivity index (χ3v) is 4.14. The first-order valence-electron chi connectivity index (χ1n) is 8.55. The monoisotopic (exact) mass is 368 g/mol. The molecule has 8 heteroatoms. The van der Waals surface area contributed by atoms with E-state index in [2.05, 4.69) is 20.5 Å². The van der Waals surface area contributed by atoms with Crippen molar-refractivity contribution in [3.8, 4) is 5.82 Å². The summed E-state index contributed by atoms with van der Waals surface area (Å²) in [7, 11) is 3.94. The molecule has 0 saturated carbocycles. The van der Waals surface area contributed by atoms with Crippen LogP contribution in [0.1, 0.15) is 28.4 Å². The van der Waals surface area contributed by atoms with Crippen molar-refractivity contribution in [3.63, 3.8) is 0 Å². The van der Waals surface area contributed by atoms with Crippen molar-refractivity contribution in [3.05, 3.63) is 72.2 Å². The maximum atomic E-state index is 13.2. The topological polar surface area (TPSA) is 75.9 Å². The molecular weight excluding hydrogens is 347 g/mol. The van der Waals surface area contributed by atoms with Crippen molar-refractivity contribution < 1.29 is 9.18 Å². The molecule has 0 aliphatic carbocycles. The highest BCUT2D eigenvalue weighted by Gasteiger charge is 2.17. The summed E-state index contributed by atoms with van der Waals surface area (Å²) in [4.78, 5) is 19.0. The number of nitrogens with zero attached hydrogens (tertiary/aromatic N) is 5. The molecule has 0 fully saturated rings. The van der Waals surface area contributed by atoms with Gasteiger partial charge in [0.2, 0.25) is 0 Å². The van der Waals surface area contributed by atoms with Gasteiger partial charge >= 0.3 is 0 Å². The Morgan fingerprint density at radius 1 is 1.15 bits per heavy atom. The molecule has 1 unspecified atom stereocenters. The number of carbonyl (C=O) groups excluding carboxylic acids is 1. The second-order valence-electron chi connectivity index (χ2n) is 6.44. The van der Waals surface area contributed by atoms with Crippen LogP contribution < -0.4 is 5.32 Å². The zero-order chi connectivity index (χ0) is 19.2. The summed E-state index contributed by atoms with van der Waals surface area (Å²) >= 11 is 0. The molecule has 3 rings (SSSR count). The summed E-state index contributed by atoms with van der Waals surface area (Å²) in [5, 5.41) is 10.5. The number of carbonyl (C=O) groups is 1. The van der Waals surface area contributed by atoms with Crippen LogP contribution in [0.15, 0.2) is 55.2 Å². The molecule has 1 amide bonds. The van der Waals surface area contributed by atoms with Crippen LogP contribution in [-0.4, -0.2) is 51.2 Å². The second-order valence-corrected chi connectivity index (χ2v) is 6.44. The Morgan fingerprint density at radius 2 is 1.85 bits per heavy atom. The number of rotatable bonds is 7. The van der Waals surface area contributed by atoms with Gasteiger partial charge in [0.15, 0.2) is 0 Å². The van der Waals surface area contributed by atoms with Crippen molar-refractivity contribution in [1.82, 2.24) is 30.0 Å². The minimum Gasteiger partial charge on any atom is -0.345 e. The molecule has 1 aromatic carbocycles. The maximum absolute atomic E-state index is 13.2. The lowest BCUT2D eigenvalue weighted by molar-refractivity contribution is 0.0932. The molecule has 1 atom stereocenters. The average molecular weight is 368 g/mol. The van der Waals surface area contributed by atoms with Crippen molar-refractivity contribution in [2.24, 2.45) is 0 Å². The number of pyridine rings is 1. The predicted octanol–water partition coefficient (Wildman–Crippen LogP) is 2.22. The van der Waals surface area contributed by atoms with Crippen molar-refractivity contribution in [1.29, 1.82) is 0 Å². The minimum atomic E-state index is -0.301. The van der Waals surface area contributed by atoms with E-state index in [-0.39, 0.29) is 17.8 Å². The highest BCUT2D eigenvalue weighted by atomic mass is 19.1. The fourth-order valence-electron chi connectivity index (χ4n) is 2.64. The highest BCUT2D eigenvalue weighted by molar-refractivity contribution is 5.94. The zero-order valence-electron chi connectivity index (χ0n) is 15.2. The number of amides is 1. The SMILES string of the molecule is CN(C)CCC(NC(=O)c1ccc(-n2cnnc2)nc1)c1ccc(F)cc1. The van der Waals surface area contributed by atoms with E-state index in [1.165, 1.54) is 31.0 Å². The number of hydrogen-bond donors (Lipinski definition) is 1. The number of halogens is 1. The second kappa shape index (κ2) is 8.50. The minimum absolute atomic E-state index is 0.224. The first-order valence-corrected chi connectivity index (χ1v) is 8.55. The normalized spacial score (nSPS) is 12.1. The molecule has 0 radical (unpaired) electrons. The van der Waals surface area contributed by atoms with Crippen LogP contribution in [0, 0.1) is 5.82 Å². The van der Waals surface area contributed by atoms with Gasteiger partial charge in [0.05, 0.1) is 11.6 Å². The molecule has 1 N–H and O–H groups in total. The first-order chi connectivity index (χ1) is 13.0. The molecule has 3 aromatic rings. The summed E-state index contributed by atoms with van der Waals surface area (Å²) in [5.74, 6) is 0.0929. The summed E-state index contributed by atoms with van der Waals surface area (Å²) in [5.41, 5.74) is 1.31. The molecule has 0 saturated heterocycles. The van der Waals surface area contributed by atoms with E-state index in [9.17, 15) is 9.18 Å². The van der Waals surface area contributed by atoms with Gasteiger partial charge in [-0.3, -0.25) is 9.36 Å². The Kier molecular flexibility index (Phi) is 5.87. The van der Waals surface area contributed by atoms with Crippen LogP contribution in [0.2, 0.25) is 0 Å². The Balaban J connectivity index is 1.74. The molecule has 0 spiro atoms. The number of aromatic nitrogens is 4. The Morgan fingerprint density at radius 3 is 2.44 bits per heavy atom. The van der Waals surface area contributed by atoms with Gasteiger partial charge in [-0.05, 0) is 56.9 Å². The maximum Gasteiger partial charge on any atom is 0.253 e. The van der Waals surface area contributed by atoms with Gasteiger partial charge in [-0.15, -0.1) is 10.2 Å². The third-order valence-electron chi connectivity index (χ3n) is 4.14. The van der Waals surface area contributed by atoms with E-state index in [0.29, 0.717) is 17.8 Å². The third kappa shape index (κ3) is 4.95. The molecule has 0 aliphatic heterocycles. The van der Waals surface area contributed by atoms with Crippen LogP contribution in [-0.2, 0) is 0 Å². The van der Waals surface area contributed by atoms with Crippen molar-refractivity contribution in [2.75, 3.05) is 20.6 Å². The zero-order valence-corrected chi connectivity index (χ0v) is 15.2. The molecular formula is C19H21FN6O. The number of hydrogen-bond acceptors (Lipinski definition) is 5. The van der Waals surface area contributed by atoms with Crippen LogP contribution >= 0.6 is 0 Å². The number of nitrogens with one attached hydrogen (secondary N) is 1. The first kappa shape index (κ1) is 18.7. The fraction of sp³-hybridized carbons (Fsp3) is 0.263. The van der Waals surface area contributed by atoms with E-state index in [4.69, 9.17) is 0 Å². The summed E-state index contributed by atoms with van der Waals surface area (Å²) in [6.45, 7) is 0.785. The summed E-state index contributed by atoms with van der Waals surface area (Å²) in [6, 6.07) is 9.40.